The number of Topliss-reactive ketones (excluding diaryl/α,β-unsaturated/α-hetero) is 1. The van der Waals surface area contributed by atoms with Crippen LogP contribution in [0, 0.1) is 59.2 Å². The van der Waals surface area contributed by atoms with Crippen LogP contribution in [0.3, 0.4) is 0 Å². The molecule has 0 spiro atoms. The number of aliphatic carboxylic acids is 2. The predicted octanol–water partition coefficient (Wildman–Crippen LogP) is 13.2. The van der Waals surface area contributed by atoms with Gasteiger partial charge in [-0.1, -0.05) is 53.2 Å². The Morgan fingerprint density at radius 2 is 0.829 bits per heavy atom. The minimum absolute atomic E-state index is 0.0627. The van der Waals surface area contributed by atoms with E-state index >= 15 is 0 Å². The summed E-state index contributed by atoms with van der Waals surface area (Å²) in [5.74, 6) is 0.264. The SMILES string of the molecule is COc1cccc(OC)c1-c1cc(C(=O)NC2(C(=O)O)C3CC4CC(C3)CC2C4)nn1-c1ccc(C(=O)N(C)CCCN(C)CCCC(C)C(CCCCN)C(=O)CN(C)CCCN(C)CCCN(C)C(=O)c2ccc(-n3nc(C(=O)NC4(C(=O)O)C5CC6CC(C5)CC4C6)cc3-c3c(OC)cccc3OC)c(C(C)C)c2)cc1C(C)C. The number of hydrogen-bond acceptors (Lipinski definition) is 17. The molecule has 4 aromatic carbocycles. The van der Waals surface area contributed by atoms with Crippen LogP contribution in [0.25, 0.3) is 33.9 Å². The lowest BCUT2D eigenvalue weighted by Gasteiger charge is -2.59. The van der Waals surface area contributed by atoms with E-state index in [1.807, 2.05) is 95.7 Å². The molecular weight excluding hydrogens is 1480 g/mol. The Morgan fingerprint density at radius 1 is 0.470 bits per heavy atom. The van der Waals surface area contributed by atoms with Crippen molar-refractivity contribution >= 4 is 41.4 Å². The van der Waals surface area contributed by atoms with Crippen LogP contribution in [-0.2, 0) is 14.4 Å². The number of nitrogens with two attached hydrogens (primary N) is 1. The second-order valence-corrected chi connectivity index (χ2v) is 35.8. The quantitative estimate of drug-likeness (QED) is 0.0222. The van der Waals surface area contributed by atoms with Crippen molar-refractivity contribution in [2.24, 2.45) is 64.9 Å². The number of aromatic nitrogens is 4. The van der Waals surface area contributed by atoms with E-state index in [4.69, 9.17) is 34.9 Å². The Kier molecular flexibility index (Phi) is 28.2. The Bertz CT molecular complexity index is 4450. The summed E-state index contributed by atoms with van der Waals surface area (Å²) in [7, 11) is 16.2. The summed E-state index contributed by atoms with van der Waals surface area (Å²) < 4.78 is 27.0. The summed E-state index contributed by atoms with van der Waals surface area (Å²) in [5, 5.41) is 38.0. The van der Waals surface area contributed by atoms with E-state index in [0.717, 1.165) is 159 Å². The summed E-state index contributed by atoms with van der Waals surface area (Å²) in [6, 6.07) is 25.4. The van der Waals surface area contributed by atoms with Crippen molar-refractivity contribution in [2.75, 3.05) is 123 Å². The van der Waals surface area contributed by atoms with Gasteiger partial charge < -0.3 is 65.1 Å². The van der Waals surface area contributed by atoms with E-state index in [0.29, 0.717) is 118 Å². The molecule has 0 aliphatic heterocycles. The first-order chi connectivity index (χ1) is 56.0. The number of carboxylic acid groups (broad SMARTS) is 2. The molecule has 0 saturated heterocycles. The lowest BCUT2D eigenvalue weighted by Crippen LogP contribution is -2.70. The predicted molar refractivity (Wildman–Crippen MR) is 452 cm³/mol. The molecule has 14 rings (SSSR count). The maximum Gasteiger partial charge on any atom is 0.330 e. The highest BCUT2D eigenvalue weighted by atomic mass is 16.5. The Labute approximate surface area is 691 Å². The number of ether oxygens (including phenoxy) is 4. The first-order valence-electron chi connectivity index (χ1n) is 42.9. The molecule has 8 aliphatic carbocycles. The van der Waals surface area contributed by atoms with Gasteiger partial charge in [-0.2, -0.15) is 10.2 Å². The summed E-state index contributed by atoms with van der Waals surface area (Å²) in [5.41, 5.74) is 9.48. The van der Waals surface area contributed by atoms with Crippen LogP contribution >= 0.6 is 0 Å². The number of ketones is 1. The maximum atomic E-state index is 14.7. The molecule has 2 atom stereocenters. The van der Waals surface area contributed by atoms with Gasteiger partial charge in [0, 0.05) is 44.2 Å². The first kappa shape index (κ1) is 87.2. The molecule has 6 N–H and O–H groups in total. The molecule has 0 radical (unpaired) electrons. The van der Waals surface area contributed by atoms with E-state index in [-0.39, 0.29) is 76.3 Å². The van der Waals surface area contributed by atoms with Crippen LogP contribution in [-0.4, -0.2) is 229 Å². The third kappa shape index (κ3) is 18.5. The number of rotatable bonds is 42. The van der Waals surface area contributed by atoms with E-state index in [1.165, 1.54) is 0 Å². The van der Waals surface area contributed by atoms with E-state index in [1.54, 1.807) is 71.9 Å². The second-order valence-electron chi connectivity index (χ2n) is 35.8. The summed E-state index contributed by atoms with van der Waals surface area (Å²) >= 11 is 0. The second kappa shape index (κ2) is 37.8. The van der Waals surface area contributed by atoms with Gasteiger partial charge in [0.2, 0.25) is 0 Å². The van der Waals surface area contributed by atoms with Crippen LogP contribution in [0.5, 0.6) is 23.0 Å². The fourth-order valence-corrected chi connectivity index (χ4v) is 21.4. The molecule has 8 aliphatic rings. The van der Waals surface area contributed by atoms with E-state index < -0.39 is 34.8 Å². The molecule has 25 heteroatoms. The van der Waals surface area contributed by atoms with Gasteiger partial charge in [-0.15, -0.1) is 0 Å². The van der Waals surface area contributed by atoms with Crippen LogP contribution in [0.1, 0.15) is 215 Å². The van der Waals surface area contributed by atoms with Crippen molar-refractivity contribution in [3.8, 4) is 56.9 Å². The summed E-state index contributed by atoms with van der Waals surface area (Å²) in [4.78, 5) is 109. The van der Waals surface area contributed by atoms with Gasteiger partial charge in [-0.25, -0.2) is 19.0 Å². The number of benzene rings is 4. The molecule has 8 saturated carbocycles. The van der Waals surface area contributed by atoms with Gasteiger partial charge in [-0.3, -0.25) is 28.9 Å². The number of carbonyl (C=O) groups excluding carboxylic acids is 5. The van der Waals surface area contributed by atoms with Crippen LogP contribution in [0.15, 0.2) is 84.9 Å². The molecule has 25 nitrogen and oxygen atoms in total. The summed E-state index contributed by atoms with van der Waals surface area (Å²) in [6.07, 6.45) is 15.4. The van der Waals surface area contributed by atoms with Crippen molar-refractivity contribution in [1.29, 1.82) is 0 Å². The molecule has 2 unspecified atom stereocenters. The minimum Gasteiger partial charge on any atom is -0.496 e. The number of carbonyl (C=O) groups is 7. The van der Waals surface area contributed by atoms with Crippen molar-refractivity contribution in [3.63, 3.8) is 0 Å². The van der Waals surface area contributed by atoms with Gasteiger partial charge in [0.05, 0.1) is 68.9 Å². The lowest BCUT2D eigenvalue weighted by atomic mass is 9.48. The Balaban J connectivity index is 0.601. The zero-order chi connectivity index (χ0) is 83.9. The largest absolute Gasteiger partial charge is 0.496 e. The van der Waals surface area contributed by atoms with Crippen molar-refractivity contribution in [2.45, 2.75) is 173 Å². The smallest absolute Gasteiger partial charge is 0.330 e. The first-order valence-corrected chi connectivity index (χ1v) is 42.9. The molecule has 8 fully saturated rings. The monoisotopic (exact) mass is 1610 g/mol. The molecule has 117 heavy (non-hydrogen) atoms. The van der Waals surface area contributed by atoms with Gasteiger partial charge in [-0.05, 0) is 319 Å². The maximum absolute atomic E-state index is 14.7. The van der Waals surface area contributed by atoms with Gasteiger partial charge in [0.15, 0.2) is 11.4 Å². The molecule has 6 aromatic rings. The van der Waals surface area contributed by atoms with Crippen molar-refractivity contribution in [1.82, 2.24) is 54.7 Å². The fourth-order valence-electron chi connectivity index (χ4n) is 21.4. The summed E-state index contributed by atoms with van der Waals surface area (Å²) in [6.45, 7) is 16.4. The average molecular weight is 1610 g/mol. The van der Waals surface area contributed by atoms with Gasteiger partial charge in [0.1, 0.15) is 39.9 Å². The van der Waals surface area contributed by atoms with Gasteiger partial charge >= 0.3 is 11.9 Å². The molecule has 2 heterocycles. The lowest BCUT2D eigenvalue weighted by molar-refractivity contribution is -0.164. The zero-order valence-electron chi connectivity index (χ0n) is 71.6. The minimum atomic E-state index is -1.37. The topological polar surface area (TPSA) is 299 Å². The Morgan fingerprint density at radius 3 is 1.18 bits per heavy atom. The molecule has 634 valence electrons. The number of amides is 4. The zero-order valence-corrected chi connectivity index (χ0v) is 71.6. The van der Waals surface area contributed by atoms with Crippen LogP contribution in [0.4, 0.5) is 0 Å². The number of nitrogens with zero attached hydrogens (tertiary/aromatic N) is 9. The number of carboxylic acids is 2. The molecule has 4 amide bonds. The number of nitrogens with one attached hydrogen (secondary N) is 2. The van der Waals surface area contributed by atoms with E-state index in [2.05, 4.69) is 60.2 Å². The normalized spacial score (nSPS) is 22.7. The third-order valence-corrected chi connectivity index (χ3v) is 27.2. The van der Waals surface area contributed by atoms with Crippen LogP contribution < -0.4 is 35.3 Å². The number of likely N-dealkylation sites (N-methyl/N-ethyl adjacent to an activating group) is 1. The standard InChI is InChI=1S/C92H128N12O13/c1-56(2)70-51-63(29-31-74(70)103-76(83-79(114-11)25-17-26-80(83)115-12)53-72(96-103)85(106)94-91(89(110)111)65-43-59-41-60(45-65)46-66(91)44-59)87(108)101(9)39-21-36-98(6)34-19-23-58(5)69(24-15-16-33-93)78(105)55-100(8)38-20-35-99(7)37-22-40-102(10)88(109)64-30-32-75(71(52-64)57(3)4)104-77(84-81(116-13)27-18-28-82(84)117-14)54-73(97-104)86(107)95-92(90(112)113)67-47-61-42-62(49-67)50-68(92)48-61/h17-18,25-32,51-54,56-62,65-69H,15-16,19-24,33-50,55,93H2,1-14H3,(H,94,106)(H,95,107)(H,110,111)(H,112,113). The van der Waals surface area contributed by atoms with E-state index in [9.17, 15) is 43.8 Å². The van der Waals surface area contributed by atoms with Gasteiger partial charge in [0.25, 0.3) is 23.6 Å². The van der Waals surface area contributed by atoms with Crippen molar-refractivity contribution < 1.29 is 62.7 Å². The Hall–Kier alpha value is -9.17. The number of methoxy groups -OCH3 is 4. The highest BCUT2D eigenvalue weighted by Crippen LogP contribution is 2.60. The molecule has 2 aromatic heterocycles. The number of hydrogen-bond donors (Lipinski definition) is 5. The fraction of sp³-hybridized carbons (Fsp3) is 0.598. The highest BCUT2D eigenvalue weighted by molar-refractivity contribution is 6.00. The molecular formula is C92H128N12O13. The molecule has 8 bridgehead atoms. The number of unbranched alkanes of at least 4 members (excludes halogenated alkanes) is 1. The highest BCUT2D eigenvalue weighted by Gasteiger charge is 2.64. The van der Waals surface area contributed by atoms with Crippen molar-refractivity contribution in [3.05, 3.63) is 119 Å². The van der Waals surface area contributed by atoms with Crippen LogP contribution in [0.2, 0.25) is 0 Å². The third-order valence-electron chi connectivity index (χ3n) is 27.2. The average Bonchev–Trinajstić information content (AvgIpc) is 1.17.